The topological polar surface area (TPSA) is 98.4 Å². The molecular formula is C22H17BrF3N5O3. The molecule has 3 aromatic rings. The molecule has 1 spiro atoms. The Bertz CT molecular complexity index is 1330. The minimum absolute atomic E-state index is 0.0877. The zero-order valence-electron chi connectivity index (χ0n) is 17.4. The molecule has 3 amide bonds. The predicted molar refractivity (Wildman–Crippen MR) is 119 cm³/mol. The highest BCUT2D eigenvalue weighted by molar-refractivity contribution is 9.10. The van der Waals surface area contributed by atoms with Crippen LogP contribution in [0.1, 0.15) is 15.9 Å². The van der Waals surface area contributed by atoms with E-state index in [1.807, 2.05) is 0 Å². The predicted octanol–water partition coefficient (Wildman–Crippen LogP) is 2.74. The first-order chi connectivity index (χ1) is 16.1. The Morgan fingerprint density at radius 3 is 2.71 bits per heavy atom. The molecule has 1 saturated heterocycles. The molecule has 0 saturated carbocycles. The van der Waals surface area contributed by atoms with Gasteiger partial charge in [0.25, 0.3) is 5.91 Å². The number of alkyl halides is 3. The number of fused-ring (bicyclic) bond motifs is 3. The average Bonchev–Trinajstić information content (AvgIpc) is 3.32. The van der Waals surface area contributed by atoms with E-state index in [2.05, 4.69) is 26.1 Å². The van der Waals surface area contributed by atoms with E-state index in [9.17, 15) is 27.6 Å². The third-order valence-corrected chi connectivity index (χ3v) is 6.76. The summed E-state index contributed by atoms with van der Waals surface area (Å²) in [6, 6.07) is 10.2. The Labute approximate surface area is 199 Å². The number of hydrogen-bond acceptors (Lipinski definition) is 4. The first-order valence-corrected chi connectivity index (χ1v) is 11.1. The molecule has 2 aliphatic heterocycles. The van der Waals surface area contributed by atoms with Gasteiger partial charge in [0, 0.05) is 39.8 Å². The zero-order chi connectivity index (χ0) is 24.3. The number of aromatic nitrogens is 2. The highest BCUT2D eigenvalue weighted by Crippen LogP contribution is 2.50. The minimum atomic E-state index is -4.55. The Hall–Kier alpha value is -3.41. The van der Waals surface area contributed by atoms with Gasteiger partial charge in [-0.15, -0.1) is 0 Å². The summed E-state index contributed by atoms with van der Waals surface area (Å²) < 4.78 is 38.0. The van der Waals surface area contributed by atoms with E-state index in [-0.39, 0.29) is 19.0 Å². The standard InChI is InChI=1S/C22H17BrF3N5O3/c23-14-2-1-3-16-18(14)21(20(34)31(16)8-17(32)27-9-22(24,25)26)10-30(11-21)19(33)12-4-5-15-13(6-12)7-28-29-15/h1-7H,8-11H2,(H,27,32)(H,28,29). The summed E-state index contributed by atoms with van der Waals surface area (Å²) in [6.45, 7) is -1.85. The lowest BCUT2D eigenvalue weighted by atomic mass is 9.74. The van der Waals surface area contributed by atoms with Crippen LogP contribution in [0.5, 0.6) is 0 Å². The molecule has 0 unspecified atom stereocenters. The van der Waals surface area contributed by atoms with Crippen molar-refractivity contribution >= 4 is 50.2 Å². The summed E-state index contributed by atoms with van der Waals surface area (Å²) >= 11 is 3.46. The van der Waals surface area contributed by atoms with Crippen molar-refractivity contribution in [2.24, 2.45) is 0 Å². The van der Waals surface area contributed by atoms with Gasteiger partial charge in [-0.2, -0.15) is 18.3 Å². The van der Waals surface area contributed by atoms with Crippen molar-refractivity contribution in [1.82, 2.24) is 20.4 Å². The number of nitrogens with zero attached hydrogens (tertiary/aromatic N) is 3. The number of halogens is 4. The largest absolute Gasteiger partial charge is 0.405 e. The quantitative estimate of drug-likeness (QED) is 0.536. The highest BCUT2D eigenvalue weighted by atomic mass is 79.9. The fourth-order valence-corrected chi connectivity index (χ4v) is 5.28. The number of rotatable bonds is 4. The third-order valence-electron chi connectivity index (χ3n) is 6.10. The van der Waals surface area contributed by atoms with Gasteiger partial charge < -0.3 is 15.1 Å². The summed E-state index contributed by atoms with van der Waals surface area (Å²) in [6.07, 6.45) is -2.94. The number of carbonyl (C=O) groups excluding carboxylic acids is 3. The van der Waals surface area contributed by atoms with Crippen molar-refractivity contribution in [2.75, 3.05) is 31.1 Å². The number of carbonyl (C=O) groups is 3. The molecule has 34 heavy (non-hydrogen) atoms. The van der Waals surface area contributed by atoms with E-state index in [0.717, 1.165) is 10.9 Å². The van der Waals surface area contributed by atoms with Crippen LogP contribution in [0, 0.1) is 0 Å². The van der Waals surface area contributed by atoms with Crippen molar-refractivity contribution in [3.63, 3.8) is 0 Å². The van der Waals surface area contributed by atoms with Crippen molar-refractivity contribution in [3.05, 3.63) is 58.2 Å². The average molecular weight is 536 g/mol. The normalized spacial score (nSPS) is 16.6. The molecule has 5 rings (SSSR count). The molecule has 176 valence electrons. The molecule has 8 nitrogen and oxygen atoms in total. The van der Waals surface area contributed by atoms with E-state index >= 15 is 0 Å². The first kappa shape index (κ1) is 22.4. The molecular weight excluding hydrogens is 519 g/mol. The van der Waals surface area contributed by atoms with E-state index < -0.39 is 36.5 Å². The number of benzene rings is 2. The van der Waals surface area contributed by atoms with Crippen LogP contribution in [0.15, 0.2) is 47.1 Å². The lowest BCUT2D eigenvalue weighted by molar-refractivity contribution is -0.138. The summed E-state index contributed by atoms with van der Waals surface area (Å²) in [5.41, 5.74) is 1.23. The molecule has 2 aliphatic rings. The van der Waals surface area contributed by atoms with E-state index in [4.69, 9.17) is 0 Å². The number of hydrogen-bond donors (Lipinski definition) is 2. The summed E-state index contributed by atoms with van der Waals surface area (Å²) in [7, 11) is 0. The lowest BCUT2D eigenvalue weighted by Crippen LogP contribution is -2.65. The van der Waals surface area contributed by atoms with Gasteiger partial charge in [-0.25, -0.2) is 0 Å². The van der Waals surface area contributed by atoms with Crippen molar-refractivity contribution in [3.8, 4) is 0 Å². The molecule has 0 radical (unpaired) electrons. The van der Waals surface area contributed by atoms with Gasteiger partial charge in [-0.05, 0) is 30.3 Å². The maximum absolute atomic E-state index is 13.5. The van der Waals surface area contributed by atoms with Gasteiger partial charge in [0.2, 0.25) is 11.8 Å². The first-order valence-electron chi connectivity index (χ1n) is 10.3. The van der Waals surface area contributed by atoms with Crippen molar-refractivity contribution in [1.29, 1.82) is 0 Å². The maximum atomic E-state index is 13.5. The highest BCUT2D eigenvalue weighted by Gasteiger charge is 2.60. The van der Waals surface area contributed by atoms with Gasteiger partial charge in [-0.3, -0.25) is 19.5 Å². The molecule has 0 atom stereocenters. The molecule has 1 fully saturated rings. The Balaban J connectivity index is 1.38. The van der Waals surface area contributed by atoms with Crippen LogP contribution < -0.4 is 10.2 Å². The van der Waals surface area contributed by atoms with E-state index in [0.29, 0.717) is 21.3 Å². The van der Waals surface area contributed by atoms with Crippen LogP contribution in [0.4, 0.5) is 18.9 Å². The Morgan fingerprint density at radius 2 is 1.97 bits per heavy atom. The number of nitrogens with one attached hydrogen (secondary N) is 2. The Kier molecular flexibility index (Phi) is 5.15. The van der Waals surface area contributed by atoms with Crippen LogP contribution >= 0.6 is 15.9 Å². The summed E-state index contributed by atoms with van der Waals surface area (Å²) in [5.74, 6) is -1.60. The number of amides is 3. The fraction of sp³-hybridized carbons (Fsp3) is 0.273. The molecule has 1 aromatic heterocycles. The molecule has 3 heterocycles. The van der Waals surface area contributed by atoms with Gasteiger partial charge >= 0.3 is 6.18 Å². The number of anilines is 1. The third kappa shape index (κ3) is 3.61. The summed E-state index contributed by atoms with van der Waals surface area (Å²) in [5, 5.41) is 9.34. The Morgan fingerprint density at radius 1 is 1.21 bits per heavy atom. The van der Waals surface area contributed by atoms with Gasteiger partial charge in [0.1, 0.15) is 18.5 Å². The molecule has 2 aromatic carbocycles. The zero-order valence-corrected chi connectivity index (χ0v) is 19.0. The van der Waals surface area contributed by atoms with Crippen molar-refractivity contribution < 1.29 is 27.6 Å². The number of likely N-dealkylation sites (tertiary alicyclic amines) is 1. The van der Waals surface area contributed by atoms with Crippen molar-refractivity contribution in [2.45, 2.75) is 11.6 Å². The fourth-order valence-electron chi connectivity index (χ4n) is 4.54. The van der Waals surface area contributed by atoms with Crippen LogP contribution in [-0.4, -0.2) is 65.2 Å². The lowest BCUT2D eigenvalue weighted by Gasteiger charge is -2.47. The smallest absolute Gasteiger partial charge is 0.345 e. The van der Waals surface area contributed by atoms with Crippen LogP contribution in [0.25, 0.3) is 10.9 Å². The number of H-pyrrole nitrogens is 1. The molecule has 0 bridgehead atoms. The summed E-state index contributed by atoms with van der Waals surface area (Å²) in [4.78, 5) is 41.4. The molecule has 2 N–H and O–H groups in total. The van der Waals surface area contributed by atoms with Gasteiger partial charge in [-0.1, -0.05) is 22.0 Å². The van der Waals surface area contributed by atoms with E-state index in [1.54, 1.807) is 47.9 Å². The van der Waals surface area contributed by atoms with Crippen LogP contribution in [0.3, 0.4) is 0 Å². The maximum Gasteiger partial charge on any atom is 0.405 e. The van der Waals surface area contributed by atoms with Gasteiger partial charge in [0.05, 0.1) is 11.7 Å². The number of aromatic amines is 1. The second kappa shape index (κ2) is 7.83. The van der Waals surface area contributed by atoms with Crippen LogP contribution in [0.2, 0.25) is 0 Å². The second-order valence-corrected chi connectivity index (χ2v) is 9.19. The molecule has 12 heteroatoms. The molecule has 0 aliphatic carbocycles. The monoisotopic (exact) mass is 535 g/mol. The van der Waals surface area contributed by atoms with Crippen LogP contribution in [-0.2, 0) is 15.0 Å². The van der Waals surface area contributed by atoms with E-state index in [1.165, 1.54) is 9.80 Å². The second-order valence-electron chi connectivity index (χ2n) is 8.33. The van der Waals surface area contributed by atoms with Gasteiger partial charge in [0.15, 0.2) is 0 Å². The SMILES string of the molecule is O=C(CN1C(=O)C2(CN(C(=O)c3ccc4[nH]ncc4c3)C2)c2c(Br)cccc21)NCC(F)(F)F. The minimum Gasteiger partial charge on any atom is -0.345 e.